The molecule has 280 valence electrons. The molecule has 8 nitrogen and oxygen atoms in total. The Kier molecular flexibility index (Phi) is 11.1. The van der Waals surface area contributed by atoms with Gasteiger partial charge in [-0.1, -0.05) is 125 Å². The van der Waals surface area contributed by atoms with Gasteiger partial charge in [-0.05, 0) is 76.6 Å². The number of rotatable bonds is 14. The van der Waals surface area contributed by atoms with Gasteiger partial charge in [-0.3, -0.25) is 9.11 Å². The fourth-order valence-corrected chi connectivity index (χ4v) is 9.51. The second kappa shape index (κ2) is 15.3. The number of nitrogens with zero attached hydrogens (tertiary/aromatic N) is 2. The second-order valence-electron chi connectivity index (χ2n) is 15.2. The summed E-state index contributed by atoms with van der Waals surface area (Å²) in [5.74, 6) is -0.495. The molecule has 1 atom stereocenters. The van der Waals surface area contributed by atoms with Crippen LogP contribution in [-0.4, -0.2) is 56.6 Å². The van der Waals surface area contributed by atoms with Gasteiger partial charge in [0.2, 0.25) is 0 Å². The molecule has 2 N–H and O–H groups in total. The number of hydrogen-bond donors (Lipinski definition) is 2. The van der Waals surface area contributed by atoms with Crippen LogP contribution in [-0.2, 0) is 31.1 Å². The minimum absolute atomic E-state index is 0.0341. The van der Waals surface area contributed by atoms with E-state index in [1.54, 1.807) is 0 Å². The zero-order valence-electron chi connectivity index (χ0n) is 30.9. The van der Waals surface area contributed by atoms with Gasteiger partial charge in [0.1, 0.15) is 0 Å². The fourth-order valence-electron chi connectivity index (χ4n) is 8.37. The summed E-state index contributed by atoms with van der Waals surface area (Å²) < 4.78 is 64.1. The molecule has 0 amide bonds. The van der Waals surface area contributed by atoms with Crippen molar-refractivity contribution in [1.29, 1.82) is 0 Å². The zero-order valence-corrected chi connectivity index (χ0v) is 32.6. The number of hydrogen-bond acceptors (Lipinski definition) is 6. The van der Waals surface area contributed by atoms with E-state index in [9.17, 15) is 25.9 Å². The minimum atomic E-state index is -4.01. The summed E-state index contributed by atoms with van der Waals surface area (Å²) in [7, 11) is -8.01. The standard InChI is InChI=1S/C43H50N2O6S2/c1-42(2)38(44(28-14-16-30-52(46,47)48)36-26-24-32-18-10-12-20-34(32)40(36)42)22-8-6-5-7-9-23-39-43(3,4)41-35-21-13-11-19-33(35)25-27-37(41)45(39)29-15-17-31-53(49,50)51/h5-13,18-27,38H,14-17,28-31H2,1-4H3,(H,46,47,48)(H,49,50,51)/b6-5+,9-7+,22-8+,39-23?. The molecule has 53 heavy (non-hydrogen) atoms. The van der Waals surface area contributed by atoms with Crippen molar-refractivity contribution in [3.8, 4) is 0 Å². The number of unbranched alkanes of at least 4 members (excludes halogenated alkanes) is 2. The van der Waals surface area contributed by atoms with E-state index in [0.717, 1.165) is 17.1 Å². The lowest BCUT2D eigenvalue weighted by Gasteiger charge is -2.32. The monoisotopic (exact) mass is 754 g/mol. The lowest BCUT2D eigenvalue weighted by Crippen LogP contribution is -2.40. The Morgan fingerprint density at radius 3 is 1.77 bits per heavy atom. The van der Waals surface area contributed by atoms with Crippen molar-refractivity contribution in [1.82, 2.24) is 0 Å². The zero-order chi connectivity index (χ0) is 38.0. The molecule has 4 aromatic carbocycles. The summed E-state index contributed by atoms with van der Waals surface area (Å²) in [6.07, 6.45) is 16.5. The van der Waals surface area contributed by atoms with Crippen LogP contribution in [0.1, 0.15) is 64.5 Å². The lowest BCUT2D eigenvalue weighted by molar-refractivity contribution is 0.468. The molecule has 2 aliphatic rings. The van der Waals surface area contributed by atoms with Crippen molar-refractivity contribution in [2.24, 2.45) is 0 Å². The molecular weight excluding hydrogens is 705 g/mol. The van der Waals surface area contributed by atoms with E-state index in [2.05, 4.69) is 122 Å². The molecule has 0 aliphatic carbocycles. The molecular formula is C43H50N2O6S2. The van der Waals surface area contributed by atoms with E-state index in [0.29, 0.717) is 38.8 Å². The smallest absolute Gasteiger partial charge is 0.264 e. The molecule has 6 rings (SSSR count). The highest BCUT2D eigenvalue weighted by molar-refractivity contribution is 7.86. The van der Waals surface area contributed by atoms with Gasteiger partial charge in [0, 0.05) is 41.0 Å². The van der Waals surface area contributed by atoms with Gasteiger partial charge in [0.25, 0.3) is 20.2 Å². The van der Waals surface area contributed by atoms with Crippen LogP contribution in [0.2, 0.25) is 0 Å². The SMILES string of the molecule is CC1(C)C(=C/C=C/C=C/C=C/C2N(CCCCS(=O)(=O)O)c3ccc4ccccc4c3C2(C)C)N(CCCCS(=O)(=O)O)c2ccc3ccccc3c21. The molecule has 2 heterocycles. The van der Waals surface area contributed by atoms with E-state index in [1.807, 2.05) is 30.4 Å². The molecule has 1 unspecified atom stereocenters. The minimum Gasteiger partial charge on any atom is -0.364 e. The summed E-state index contributed by atoms with van der Waals surface area (Å²) in [6, 6.07) is 25.5. The second-order valence-corrected chi connectivity index (χ2v) is 18.3. The van der Waals surface area contributed by atoms with Gasteiger partial charge < -0.3 is 9.80 Å². The van der Waals surface area contributed by atoms with Crippen LogP contribution in [0, 0.1) is 0 Å². The van der Waals surface area contributed by atoms with Crippen molar-refractivity contribution >= 4 is 53.2 Å². The third kappa shape index (κ3) is 8.31. The largest absolute Gasteiger partial charge is 0.364 e. The Balaban J connectivity index is 1.23. The van der Waals surface area contributed by atoms with Gasteiger partial charge in [0.05, 0.1) is 17.5 Å². The van der Waals surface area contributed by atoms with E-state index in [1.165, 1.54) is 32.7 Å². The predicted molar refractivity (Wildman–Crippen MR) is 219 cm³/mol. The summed E-state index contributed by atoms with van der Waals surface area (Å²) in [4.78, 5) is 4.65. The molecule has 10 heteroatoms. The third-order valence-electron chi connectivity index (χ3n) is 10.8. The number of fused-ring (bicyclic) bond motifs is 6. The Hall–Kier alpha value is -4.22. The summed E-state index contributed by atoms with van der Waals surface area (Å²) >= 11 is 0. The van der Waals surface area contributed by atoms with Crippen LogP contribution in [0.5, 0.6) is 0 Å². The quantitative estimate of drug-likeness (QED) is 0.0745. The first-order valence-electron chi connectivity index (χ1n) is 18.3. The molecule has 0 saturated heterocycles. The van der Waals surface area contributed by atoms with Crippen molar-refractivity contribution in [3.63, 3.8) is 0 Å². The summed E-state index contributed by atoms with van der Waals surface area (Å²) in [5.41, 5.74) is 5.41. The van der Waals surface area contributed by atoms with Crippen molar-refractivity contribution < 1.29 is 25.9 Å². The maximum Gasteiger partial charge on any atom is 0.264 e. The topological polar surface area (TPSA) is 115 Å². The molecule has 0 saturated carbocycles. The lowest BCUT2D eigenvalue weighted by atomic mass is 9.78. The fraction of sp³-hybridized carbons (Fsp3) is 0.349. The van der Waals surface area contributed by atoms with Gasteiger partial charge >= 0.3 is 0 Å². The van der Waals surface area contributed by atoms with Gasteiger partial charge in [0.15, 0.2) is 0 Å². The Labute approximate surface area is 314 Å². The summed E-state index contributed by atoms with van der Waals surface area (Å²) in [5, 5.41) is 4.79. The molecule has 0 bridgehead atoms. The normalized spacial score (nSPS) is 19.1. The first-order chi connectivity index (χ1) is 25.1. The van der Waals surface area contributed by atoms with E-state index in [4.69, 9.17) is 0 Å². The van der Waals surface area contributed by atoms with Crippen molar-refractivity contribution in [3.05, 3.63) is 132 Å². The number of anilines is 2. The average molecular weight is 755 g/mol. The van der Waals surface area contributed by atoms with Crippen molar-refractivity contribution in [2.45, 2.75) is 70.3 Å². The molecule has 2 aliphatic heterocycles. The van der Waals surface area contributed by atoms with E-state index in [-0.39, 0.29) is 28.4 Å². The predicted octanol–water partition coefficient (Wildman–Crippen LogP) is 9.15. The first kappa shape index (κ1) is 38.5. The highest BCUT2D eigenvalue weighted by atomic mass is 32.2. The van der Waals surface area contributed by atoms with Crippen LogP contribution in [0.15, 0.2) is 121 Å². The summed E-state index contributed by atoms with van der Waals surface area (Å²) in [6.45, 7) is 10.3. The Morgan fingerprint density at radius 2 is 1.15 bits per heavy atom. The molecule has 0 fully saturated rings. The highest BCUT2D eigenvalue weighted by Crippen LogP contribution is 2.51. The van der Waals surface area contributed by atoms with E-state index < -0.39 is 20.2 Å². The number of allylic oxidation sites excluding steroid dienone is 7. The van der Waals surface area contributed by atoms with Crippen LogP contribution in [0.3, 0.4) is 0 Å². The molecule has 4 aromatic rings. The van der Waals surface area contributed by atoms with Crippen molar-refractivity contribution in [2.75, 3.05) is 34.4 Å². The number of benzene rings is 4. The van der Waals surface area contributed by atoms with E-state index >= 15 is 0 Å². The molecule has 0 aromatic heterocycles. The van der Waals surface area contributed by atoms with Crippen LogP contribution in [0.4, 0.5) is 11.4 Å². The molecule has 0 spiro atoms. The van der Waals surface area contributed by atoms with Crippen LogP contribution >= 0.6 is 0 Å². The van der Waals surface area contributed by atoms with Gasteiger partial charge in [-0.15, -0.1) is 0 Å². The third-order valence-corrected chi connectivity index (χ3v) is 12.4. The van der Waals surface area contributed by atoms with Gasteiger partial charge in [-0.25, -0.2) is 0 Å². The Bertz CT molecular complexity index is 2340. The first-order valence-corrected chi connectivity index (χ1v) is 21.5. The maximum atomic E-state index is 11.4. The molecule has 0 radical (unpaired) electrons. The Morgan fingerprint density at radius 1 is 0.623 bits per heavy atom. The average Bonchev–Trinajstić information content (AvgIpc) is 3.45. The van der Waals surface area contributed by atoms with Gasteiger partial charge in [-0.2, -0.15) is 16.8 Å². The van der Waals surface area contributed by atoms with Crippen LogP contribution < -0.4 is 9.80 Å². The highest BCUT2D eigenvalue weighted by Gasteiger charge is 2.44. The maximum absolute atomic E-state index is 11.4. The van der Waals surface area contributed by atoms with Crippen LogP contribution in [0.25, 0.3) is 21.5 Å².